The van der Waals surface area contributed by atoms with Crippen molar-refractivity contribution < 1.29 is 18.7 Å². The first kappa shape index (κ1) is 18.3. The molecule has 1 atom stereocenters. The van der Waals surface area contributed by atoms with Crippen molar-refractivity contribution in [2.24, 2.45) is 0 Å². The number of ether oxygens (including phenoxy) is 1. The highest BCUT2D eigenvalue weighted by Gasteiger charge is 2.22. The van der Waals surface area contributed by atoms with E-state index in [0.29, 0.717) is 16.3 Å². The maximum absolute atomic E-state index is 13.8. The lowest BCUT2D eigenvalue weighted by Crippen LogP contribution is -2.30. The molecular formula is C18H17BrFN3O3. The minimum Gasteiger partial charge on any atom is -0.449 e. The molecule has 1 aliphatic carbocycles. The Balaban J connectivity index is 1.56. The van der Waals surface area contributed by atoms with Crippen molar-refractivity contribution in [3.8, 4) is 0 Å². The van der Waals surface area contributed by atoms with Gasteiger partial charge in [0.1, 0.15) is 11.6 Å². The van der Waals surface area contributed by atoms with Crippen molar-refractivity contribution in [3.63, 3.8) is 0 Å². The molecule has 0 radical (unpaired) electrons. The number of hydrogen-bond acceptors (Lipinski definition) is 5. The Labute approximate surface area is 158 Å². The van der Waals surface area contributed by atoms with Gasteiger partial charge in [-0.15, -0.1) is 0 Å². The van der Waals surface area contributed by atoms with E-state index >= 15 is 0 Å². The molecule has 8 heteroatoms. The summed E-state index contributed by atoms with van der Waals surface area (Å²) in [5.74, 6) is -1.19. The van der Waals surface area contributed by atoms with Gasteiger partial charge in [0.25, 0.3) is 5.91 Å². The van der Waals surface area contributed by atoms with Crippen molar-refractivity contribution in [3.05, 3.63) is 52.4 Å². The summed E-state index contributed by atoms with van der Waals surface area (Å²) in [5.41, 5.74) is 0.249. The van der Waals surface area contributed by atoms with E-state index in [4.69, 9.17) is 4.74 Å². The number of rotatable bonds is 6. The summed E-state index contributed by atoms with van der Waals surface area (Å²) in [6.07, 6.45) is 2.55. The summed E-state index contributed by atoms with van der Waals surface area (Å²) in [6, 6.07) is 7.98. The summed E-state index contributed by atoms with van der Waals surface area (Å²) in [5, 5.41) is 5.61. The largest absolute Gasteiger partial charge is 0.449 e. The first-order valence-electron chi connectivity index (χ1n) is 8.12. The highest BCUT2D eigenvalue weighted by Crippen LogP contribution is 2.23. The second-order valence-electron chi connectivity index (χ2n) is 6.01. The van der Waals surface area contributed by atoms with Crippen molar-refractivity contribution in [2.75, 3.05) is 10.6 Å². The zero-order chi connectivity index (χ0) is 18.7. The topological polar surface area (TPSA) is 80.3 Å². The highest BCUT2D eigenvalue weighted by molar-refractivity contribution is 9.10. The summed E-state index contributed by atoms with van der Waals surface area (Å²) < 4.78 is 19.4. The number of carbonyl (C=O) groups is 2. The number of esters is 1. The van der Waals surface area contributed by atoms with Crippen LogP contribution in [0.1, 0.15) is 30.1 Å². The van der Waals surface area contributed by atoms with E-state index in [9.17, 15) is 14.0 Å². The Kier molecular flexibility index (Phi) is 5.51. The molecule has 6 nitrogen and oxygen atoms in total. The van der Waals surface area contributed by atoms with Crippen LogP contribution in [0.25, 0.3) is 0 Å². The molecule has 1 aromatic carbocycles. The second-order valence-corrected chi connectivity index (χ2v) is 6.93. The molecule has 1 amide bonds. The number of aromatic nitrogens is 1. The first-order chi connectivity index (χ1) is 12.4. The Morgan fingerprint density at radius 2 is 2.08 bits per heavy atom. The van der Waals surface area contributed by atoms with Crippen LogP contribution in [0, 0.1) is 5.82 Å². The third-order valence-corrected chi connectivity index (χ3v) is 4.26. The molecule has 3 rings (SSSR count). The van der Waals surface area contributed by atoms with Crippen LogP contribution in [0.15, 0.2) is 41.0 Å². The zero-order valence-electron chi connectivity index (χ0n) is 14.0. The summed E-state index contributed by atoms with van der Waals surface area (Å²) in [6.45, 7) is 1.42. The van der Waals surface area contributed by atoms with E-state index in [1.165, 1.54) is 25.3 Å². The minimum atomic E-state index is -1.09. The van der Waals surface area contributed by atoms with Gasteiger partial charge in [-0.25, -0.2) is 14.2 Å². The van der Waals surface area contributed by atoms with Crippen LogP contribution < -0.4 is 10.6 Å². The van der Waals surface area contributed by atoms with Crippen molar-refractivity contribution in [2.45, 2.75) is 31.9 Å². The molecule has 0 bridgehead atoms. The van der Waals surface area contributed by atoms with Crippen LogP contribution in [0.3, 0.4) is 0 Å². The average molecular weight is 422 g/mol. The van der Waals surface area contributed by atoms with Crippen LogP contribution in [-0.4, -0.2) is 29.0 Å². The van der Waals surface area contributed by atoms with Crippen molar-refractivity contribution >= 4 is 39.3 Å². The number of nitrogens with zero attached hydrogens (tertiary/aromatic N) is 1. The Bertz CT molecular complexity index is 825. The zero-order valence-corrected chi connectivity index (χ0v) is 15.5. The summed E-state index contributed by atoms with van der Waals surface area (Å²) in [7, 11) is 0. The standard InChI is InChI=1S/C18H17BrFN3O3/c1-10(17(24)23-15-6-3-12(19)8-14(15)20)26-18(25)11-2-7-16(21-9-11)22-13-4-5-13/h2-3,6-10,13H,4-5H2,1H3,(H,21,22)(H,23,24). The van der Waals surface area contributed by atoms with Crippen LogP contribution in [0.4, 0.5) is 15.9 Å². The van der Waals surface area contributed by atoms with Gasteiger partial charge in [-0.05, 0) is 50.1 Å². The van der Waals surface area contributed by atoms with Crippen LogP contribution in [0.2, 0.25) is 0 Å². The Morgan fingerprint density at radius 1 is 1.31 bits per heavy atom. The fraction of sp³-hybridized carbons (Fsp3) is 0.278. The maximum Gasteiger partial charge on any atom is 0.340 e. The van der Waals surface area contributed by atoms with E-state index in [1.807, 2.05) is 0 Å². The molecule has 2 N–H and O–H groups in total. The molecule has 1 fully saturated rings. The van der Waals surface area contributed by atoms with Gasteiger partial charge in [0.2, 0.25) is 0 Å². The summed E-state index contributed by atoms with van der Waals surface area (Å²) >= 11 is 3.14. The lowest BCUT2D eigenvalue weighted by Gasteiger charge is -2.14. The molecule has 0 saturated heterocycles. The maximum atomic E-state index is 13.8. The number of nitrogens with one attached hydrogen (secondary N) is 2. The molecule has 1 unspecified atom stereocenters. The van der Waals surface area contributed by atoms with Gasteiger partial charge in [-0.2, -0.15) is 0 Å². The van der Waals surface area contributed by atoms with Gasteiger partial charge >= 0.3 is 5.97 Å². The number of benzene rings is 1. The molecule has 0 spiro atoms. The number of halogens is 2. The lowest BCUT2D eigenvalue weighted by atomic mass is 10.2. The van der Waals surface area contributed by atoms with Crippen LogP contribution >= 0.6 is 15.9 Å². The number of hydrogen-bond donors (Lipinski definition) is 2. The third-order valence-electron chi connectivity index (χ3n) is 3.77. The predicted molar refractivity (Wildman–Crippen MR) is 98.5 cm³/mol. The predicted octanol–water partition coefficient (Wildman–Crippen LogP) is 3.74. The molecule has 0 aliphatic heterocycles. The highest BCUT2D eigenvalue weighted by atomic mass is 79.9. The monoisotopic (exact) mass is 421 g/mol. The van der Waals surface area contributed by atoms with E-state index in [0.717, 1.165) is 12.8 Å². The van der Waals surface area contributed by atoms with Gasteiger partial charge in [-0.3, -0.25) is 4.79 Å². The van der Waals surface area contributed by atoms with E-state index in [2.05, 4.69) is 31.5 Å². The SMILES string of the molecule is CC(OC(=O)c1ccc(NC2CC2)nc1)C(=O)Nc1ccc(Br)cc1F. The summed E-state index contributed by atoms with van der Waals surface area (Å²) in [4.78, 5) is 28.4. The molecule has 1 heterocycles. The third kappa shape index (κ3) is 4.78. The number of carbonyl (C=O) groups excluding carboxylic acids is 2. The van der Waals surface area contributed by atoms with Crippen molar-refractivity contribution in [1.82, 2.24) is 4.98 Å². The lowest BCUT2D eigenvalue weighted by molar-refractivity contribution is -0.123. The van der Waals surface area contributed by atoms with Crippen LogP contribution in [-0.2, 0) is 9.53 Å². The van der Waals surface area contributed by atoms with Gasteiger partial charge < -0.3 is 15.4 Å². The van der Waals surface area contributed by atoms with Crippen LogP contribution in [0.5, 0.6) is 0 Å². The normalized spacial score (nSPS) is 14.4. The van der Waals surface area contributed by atoms with E-state index in [-0.39, 0.29) is 11.3 Å². The van der Waals surface area contributed by atoms with E-state index in [1.54, 1.807) is 18.2 Å². The quantitative estimate of drug-likeness (QED) is 0.694. The molecule has 136 valence electrons. The molecular weight excluding hydrogens is 405 g/mol. The average Bonchev–Trinajstić information content (AvgIpc) is 3.41. The van der Waals surface area contributed by atoms with Gasteiger partial charge in [0.05, 0.1) is 11.3 Å². The van der Waals surface area contributed by atoms with Crippen molar-refractivity contribution in [1.29, 1.82) is 0 Å². The smallest absolute Gasteiger partial charge is 0.340 e. The second kappa shape index (κ2) is 7.82. The Hall–Kier alpha value is -2.48. The molecule has 1 saturated carbocycles. The molecule has 1 aromatic heterocycles. The van der Waals surface area contributed by atoms with E-state index < -0.39 is 23.8 Å². The number of anilines is 2. The van der Waals surface area contributed by atoms with Gasteiger partial charge in [-0.1, -0.05) is 15.9 Å². The number of pyridine rings is 1. The number of amides is 1. The van der Waals surface area contributed by atoms with Gasteiger partial charge in [0.15, 0.2) is 6.10 Å². The minimum absolute atomic E-state index is 0.0123. The first-order valence-corrected chi connectivity index (χ1v) is 8.91. The Morgan fingerprint density at radius 3 is 2.69 bits per heavy atom. The molecule has 1 aliphatic rings. The molecule has 26 heavy (non-hydrogen) atoms. The van der Waals surface area contributed by atoms with Gasteiger partial charge in [0, 0.05) is 16.7 Å². The fourth-order valence-electron chi connectivity index (χ4n) is 2.14. The molecule has 2 aromatic rings. The fourth-order valence-corrected chi connectivity index (χ4v) is 2.48.